The zero-order valence-electron chi connectivity index (χ0n) is 13.5. The van der Waals surface area contributed by atoms with Crippen LogP contribution in [0.5, 0.6) is 11.5 Å². The number of nitrogens with zero attached hydrogens (tertiary/aromatic N) is 1. The highest BCUT2D eigenvalue weighted by Gasteiger charge is 2.20. The van der Waals surface area contributed by atoms with Gasteiger partial charge in [-0.3, -0.25) is 4.79 Å². The van der Waals surface area contributed by atoms with Crippen molar-refractivity contribution in [2.75, 3.05) is 20.8 Å². The van der Waals surface area contributed by atoms with Gasteiger partial charge in [0.2, 0.25) is 5.91 Å². The van der Waals surface area contributed by atoms with Gasteiger partial charge in [-0.15, -0.1) is 0 Å². The molecule has 3 rings (SSSR count). The molecule has 4 nitrogen and oxygen atoms in total. The zero-order valence-corrected chi connectivity index (χ0v) is 13.5. The van der Waals surface area contributed by atoms with Crippen LogP contribution in [-0.4, -0.2) is 31.6 Å². The van der Waals surface area contributed by atoms with Crippen LogP contribution >= 0.6 is 0 Å². The molecule has 0 aromatic heterocycles. The SMILES string of the molecule is COc1cccc(-c2cc(CN3CCCC3=O)ccc2OC)c1. The van der Waals surface area contributed by atoms with E-state index in [9.17, 15) is 4.79 Å². The molecule has 0 spiro atoms. The number of carbonyl (C=O) groups excluding carboxylic acids is 1. The molecule has 0 aliphatic carbocycles. The van der Waals surface area contributed by atoms with E-state index in [1.165, 1.54) is 0 Å². The van der Waals surface area contributed by atoms with E-state index >= 15 is 0 Å². The molecule has 4 heteroatoms. The van der Waals surface area contributed by atoms with Crippen LogP contribution in [0.3, 0.4) is 0 Å². The monoisotopic (exact) mass is 311 g/mol. The fraction of sp³-hybridized carbons (Fsp3) is 0.316. The van der Waals surface area contributed by atoms with Gasteiger partial charge in [0.15, 0.2) is 0 Å². The smallest absolute Gasteiger partial charge is 0.222 e. The maximum Gasteiger partial charge on any atom is 0.222 e. The third-order valence-electron chi connectivity index (χ3n) is 4.19. The molecule has 0 unspecified atom stereocenters. The number of likely N-dealkylation sites (tertiary alicyclic amines) is 1. The third kappa shape index (κ3) is 3.31. The van der Waals surface area contributed by atoms with Gasteiger partial charge in [-0.1, -0.05) is 18.2 Å². The molecule has 0 atom stereocenters. The highest BCUT2D eigenvalue weighted by Crippen LogP contribution is 2.33. The lowest BCUT2D eigenvalue weighted by atomic mass is 10.0. The predicted octanol–water partition coefficient (Wildman–Crippen LogP) is 3.49. The largest absolute Gasteiger partial charge is 0.497 e. The Bertz CT molecular complexity index is 712. The first-order valence-corrected chi connectivity index (χ1v) is 7.80. The first-order valence-electron chi connectivity index (χ1n) is 7.80. The van der Waals surface area contributed by atoms with E-state index in [-0.39, 0.29) is 5.91 Å². The number of methoxy groups -OCH3 is 2. The van der Waals surface area contributed by atoms with Crippen molar-refractivity contribution in [1.82, 2.24) is 4.90 Å². The average molecular weight is 311 g/mol. The molecule has 0 N–H and O–H groups in total. The minimum absolute atomic E-state index is 0.240. The van der Waals surface area contributed by atoms with Crippen molar-refractivity contribution in [3.8, 4) is 22.6 Å². The Morgan fingerprint density at radius 2 is 1.96 bits per heavy atom. The summed E-state index contributed by atoms with van der Waals surface area (Å²) in [7, 11) is 3.33. The summed E-state index contributed by atoms with van der Waals surface area (Å²) < 4.78 is 10.8. The lowest BCUT2D eigenvalue weighted by Crippen LogP contribution is -2.23. The summed E-state index contributed by atoms with van der Waals surface area (Å²) in [5.74, 6) is 1.86. The molecule has 1 fully saturated rings. The molecular weight excluding hydrogens is 290 g/mol. The second kappa shape index (κ2) is 6.73. The number of amides is 1. The van der Waals surface area contributed by atoms with Crippen LogP contribution in [0.4, 0.5) is 0 Å². The normalized spacial score (nSPS) is 14.2. The minimum Gasteiger partial charge on any atom is -0.497 e. The summed E-state index contributed by atoms with van der Waals surface area (Å²) in [5, 5.41) is 0. The van der Waals surface area contributed by atoms with Crippen LogP contribution in [0.25, 0.3) is 11.1 Å². The summed E-state index contributed by atoms with van der Waals surface area (Å²) in [5.41, 5.74) is 3.16. The number of ether oxygens (including phenoxy) is 2. The Hall–Kier alpha value is -2.49. The quantitative estimate of drug-likeness (QED) is 0.848. The number of benzene rings is 2. The van der Waals surface area contributed by atoms with Crippen LogP contribution in [-0.2, 0) is 11.3 Å². The minimum atomic E-state index is 0.240. The van der Waals surface area contributed by atoms with Gasteiger partial charge in [0, 0.05) is 25.1 Å². The fourth-order valence-corrected chi connectivity index (χ4v) is 2.96. The summed E-state index contributed by atoms with van der Waals surface area (Å²) in [6.45, 7) is 1.50. The first kappa shape index (κ1) is 15.4. The van der Waals surface area contributed by atoms with Crippen molar-refractivity contribution in [3.63, 3.8) is 0 Å². The second-order valence-electron chi connectivity index (χ2n) is 5.69. The van der Waals surface area contributed by atoms with E-state index in [2.05, 4.69) is 6.07 Å². The van der Waals surface area contributed by atoms with Gasteiger partial charge < -0.3 is 14.4 Å². The van der Waals surface area contributed by atoms with Gasteiger partial charge in [-0.25, -0.2) is 0 Å². The van der Waals surface area contributed by atoms with Crippen LogP contribution in [0.15, 0.2) is 42.5 Å². The van der Waals surface area contributed by atoms with Crippen LogP contribution < -0.4 is 9.47 Å². The fourth-order valence-electron chi connectivity index (χ4n) is 2.96. The van der Waals surface area contributed by atoms with E-state index in [0.29, 0.717) is 13.0 Å². The first-order chi connectivity index (χ1) is 11.2. The van der Waals surface area contributed by atoms with Crippen molar-refractivity contribution < 1.29 is 14.3 Å². The molecule has 1 heterocycles. The standard InChI is InChI=1S/C19H21NO3/c1-22-16-6-3-5-15(12-16)17-11-14(8-9-18(17)23-2)13-20-10-4-7-19(20)21/h3,5-6,8-9,11-12H,4,7,10,13H2,1-2H3. The summed E-state index contributed by atoms with van der Waals surface area (Å²) in [4.78, 5) is 13.7. The molecule has 0 bridgehead atoms. The van der Waals surface area contributed by atoms with Crippen molar-refractivity contribution in [1.29, 1.82) is 0 Å². The average Bonchev–Trinajstić information content (AvgIpc) is 2.99. The number of hydrogen-bond donors (Lipinski definition) is 0. The lowest BCUT2D eigenvalue weighted by molar-refractivity contribution is -0.128. The van der Waals surface area contributed by atoms with Crippen LogP contribution in [0.2, 0.25) is 0 Å². The summed E-state index contributed by atoms with van der Waals surface area (Å²) in [6.07, 6.45) is 1.62. The van der Waals surface area contributed by atoms with Gasteiger partial charge in [0.25, 0.3) is 0 Å². The number of carbonyl (C=O) groups is 1. The Balaban J connectivity index is 1.94. The molecule has 2 aromatic rings. The molecule has 2 aromatic carbocycles. The second-order valence-corrected chi connectivity index (χ2v) is 5.69. The molecule has 120 valence electrons. The highest BCUT2D eigenvalue weighted by molar-refractivity contribution is 5.78. The molecule has 0 radical (unpaired) electrons. The Morgan fingerprint density at radius 1 is 1.09 bits per heavy atom. The van der Waals surface area contributed by atoms with Crippen molar-refractivity contribution in [2.45, 2.75) is 19.4 Å². The topological polar surface area (TPSA) is 38.8 Å². The van der Waals surface area contributed by atoms with E-state index in [1.807, 2.05) is 41.3 Å². The third-order valence-corrected chi connectivity index (χ3v) is 4.19. The predicted molar refractivity (Wildman–Crippen MR) is 89.6 cm³/mol. The lowest BCUT2D eigenvalue weighted by Gasteiger charge is -2.17. The maximum atomic E-state index is 11.8. The number of hydrogen-bond acceptors (Lipinski definition) is 3. The summed E-state index contributed by atoms with van der Waals surface area (Å²) in [6, 6.07) is 14.0. The summed E-state index contributed by atoms with van der Waals surface area (Å²) >= 11 is 0. The van der Waals surface area contributed by atoms with E-state index in [1.54, 1.807) is 14.2 Å². The molecular formula is C19H21NO3. The van der Waals surface area contributed by atoms with Crippen LogP contribution in [0.1, 0.15) is 18.4 Å². The van der Waals surface area contributed by atoms with Gasteiger partial charge in [-0.05, 0) is 41.8 Å². The van der Waals surface area contributed by atoms with Crippen LogP contribution in [0, 0.1) is 0 Å². The van der Waals surface area contributed by atoms with Gasteiger partial charge in [-0.2, -0.15) is 0 Å². The van der Waals surface area contributed by atoms with Gasteiger partial charge in [0.1, 0.15) is 11.5 Å². The van der Waals surface area contributed by atoms with E-state index < -0.39 is 0 Å². The molecule has 23 heavy (non-hydrogen) atoms. The molecule has 1 amide bonds. The zero-order chi connectivity index (χ0) is 16.2. The van der Waals surface area contributed by atoms with Crippen molar-refractivity contribution >= 4 is 5.91 Å². The van der Waals surface area contributed by atoms with Crippen molar-refractivity contribution in [3.05, 3.63) is 48.0 Å². The van der Waals surface area contributed by atoms with Gasteiger partial charge in [0.05, 0.1) is 14.2 Å². The maximum absolute atomic E-state index is 11.8. The Kier molecular flexibility index (Phi) is 4.51. The molecule has 1 aliphatic rings. The van der Waals surface area contributed by atoms with Crippen molar-refractivity contribution in [2.24, 2.45) is 0 Å². The molecule has 0 saturated carbocycles. The van der Waals surface area contributed by atoms with E-state index in [4.69, 9.17) is 9.47 Å². The van der Waals surface area contributed by atoms with Gasteiger partial charge >= 0.3 is 0 Å². The Morgan fingerprint density at radius 3 is 2.65 bits per heavy atom. The highest BCUT2D eigenvalue weighted by atomic mass is 16.5. The molecule has 1 aliphatic heterocycles. The van der Waals surface area contributed by atoms with E-state index in [0.717, 1.165) is 41.2 Å². The Labute approximate surface area is 136 Å². The number of rotatable bonds is 5. The molecule has 1 saturated heterocycles.